The highest BCUT2D eigenvalue weighted by Crippen LogP contribution is 2.68. The first-order valence-electron chi connectivity index (χ1n) is 21.2. The summed E-state index contributed by atoms with van der Waals surface area (Å²) < 4.78 is 15.6. The molecule has 10 atom stereocenters. The Hall–Kier alpha value is -4.34. The number of nitrogens with one attached hydrogen (secondary N) is 2. The van der Waals surface area contributed by atoms with Crippen molar-refractivity contribution in [1.82, 2.24) is 20.9 Å². The lowest BCUT2D eigenvalue weighted by molar-refractivity contribution is -0.383. The molecule has 4 saturated carbocycles. The zero-order valence-electron chi connectivity index (χ0n) is 34.1. The van der Waals surface area contributed by atoms with Crippen molar-refractivity contribution in [2.75, 3.05) is 39.5 Å². The second-order valence-corrected chi connectivity index (χ2v) is 17.9. The van der Waals surface area contributed by atoms with E-state index in [1.807, 2.05) is 0 Å². The number of carboxylic acid groups (broad SMARTS) is 1. The summed E-state index contributed by atoms with van der Waals surface area (Å²) in [6, 6.07) is 2.75. The summed E-state index contributed by atoms with van der Waals surface area (Å²) in [5.41, 5.74) is 9.11. The number of nitrogens with zero attached hydrogens (tertiary/aromatic N) is 6. The highest BCUT2D eigenvalue weighted by molar-refractivity contribution is 5.88. The zero-order valence-corrected chi connectivity index (χ0v) is 34.1. The van der Waals surface area contributed by atoms with Crippen LogP contribution in [0.5, 0.6) is 0 Å². The maximum atomic E-state index is 13.7. The van der Waals surface area contributed by atoms with E-state index < -0.39 is 16.8 Å². The van der Waals surface area contributed by atoms with Crippen LogP contribution in [0.3, 0.4) is 0 Å². The van der Waals surface area contributed by atoms with Crippen molar-refractivity contribution in [3.63, 3.8) is 0 Å². The van der Waals surface area contributed by atoms with Gasteiger partial charge in [0.15, 0.2) is 0 Å². The number of fused-ring (bicyclic) bond motifs is 6. The predicted octanol–water partition coefficient (Wildman–Crippen LogP) is 6.78. The SMILES string of the molecule is C[C@H](CCC(=O)NCCOCCOCCN=[N+]=[N-])C1CCC2C3CC[C@@H]4C[C@H](NC(=O)[C@H](CC(=O)O)Cc5ccc([N+](=O)[O-])c6nonc56)CC[C@]4(C)C3CC[C@@]21C. The lowest BCUT2D eigenvalue weighted by atomic mass is 9.44. The van der Waals surface area contributed by atoms with E-state index in [-0.39, 0.29) is 58.2 Å². The Kier molecular flexibility index (Phi) is 14.3. The van der Waals surface area contributed by atoms with Gasteiger partial charge in [0.1, 0.15) is 5.52 Å². The fraction of sp³-hybridized carbons (Fsp3) is 0.780. The highest BCUT2D eigenvalue weighted by atomic mass is 16.6. The van der Waals surface area contributed by atoms with Gasteiger partial charge in [0.2, 0.25) is 17.3 Å². The van der Waals surface area contributed by atoms with Gasteiger partial charge in [-0.1, -0.05) is 25.9 Å². The topological polar surface area (TPSA) is 245 Å². The van der Waals surface area contributed by atoms with Gasteiger partial charge in [-0.15, -0.1) is 0 Å². The van der Waals surface area contributed by atoms with Crippen molar-refractivity contribution >= 4 is 34.5 Å². The molecule has 1 aromatic carbocycles. The van der Waals surface area contributed by atoms with E-state index in [1.54, 1.807) is 0 Å². The number of nitro groups is 1. The highest BCUT2D eigenvalue weighted by Gasteiger charge is 2.60. The summed E-state index contributed by atoms with van der Waals surface area (Å²) in [4.78, 5) is 51.9. The summed E-state index contributed by atoms with van der Waals surface area (Å²) in [6.07, 6.45) is 11.0. The van der Waals surface area contributed by atoms with E-state index in [0.717, 1.165) is 32.1 Å². The number of aliphatic carboxylic acids is 1. The molecule has 4 aliphatic carbocycles. The molecule has 0 radical (unpaired) electrons. The number of ether oxygens (including phenoxy) is 2. The molecule has 4 unspecified atom stereocenters. The summed E-state index contributed by atoms with van der Waals surface area (Å²) in [5.74, 6) is 1.33. The largest absolute Gasteiger partial charge is 0.481 e. The number of hydrogen-bond acceptors (Lipinski definition) is 11. The fourth-order valence-corrected chi connectivity index (χ4v) is 12.0. The van der Waals surface area contributed by atoms with Crippen molar-refractivity contribution in [2.24, 2.45) is 57.4 Å². The molecule has 2 aromatic rings. The van der Waals surface area contributed by atoms with E-state index in [2.05, 4.69) is 51.7 Å². The lowest BCUT2D eigenvalue weighted by Gasteiger charge is -2.61. The number of aromatic nitrogens is 2. The molecule has 17 heteroatoms. The smallest absolute Gasteiger partial charge is 0.304 e. The van der Waals surface area contributed by atoms with Crippen LogP contribution in [-0.2, 0) is 30.3 Å². The van der Waals surface area contributed by atoms with Gasteiger partial charge in [0.05, 0.1) is 43.7 Å². The number of carboxylic acids is 1. The molecule has 6 rings (SSSR count). The molecule has 1 aromatic heterocycles. The summed E-state index contributed by atoms with van der Waals surface area (Å²) >= 11 is 0. The van der Waals surface area contributed by atoms with Gasteiger partial charge in [-0.25, -0.2) is 4.63 Å². The Bertz CT molecular complexity index is 1830. The number of benzene rings is 1. The Balaban J connectivity index is 0.977. The van der Waals surface area contributed by atoms with Gasteiger partial charge in [-0.3, -0.25) is 24.5 Å². The van der Waals surface area contributed by atoms with Crippen LogP contribution in [-0.4, -0.2) is 83.7 Å². The molecule has 1 heterocycles. The Labute approximate surface area is 338 Å². The first-order chi connectivity index (χ1) is 27.9. The first kappa shape index (κ1) is 43.2. The van der Waals surface area contributed by atoms with Crippen molar-refractivity contribution in [3.05, 3.63) is 38.3 Å². The van der Waals surface area contributed by atoms with Gasteiger partial charge < -0.3 is 25.2 Å². The average Bonchev–Trinajstić information content (AvgIpc) is 3.83. The Morgan fingerprint density at radius 1 is 1.03 bits per heavy atom. The van der Waals surface area contributed by atoms with E-state index in [9.17, 15) is 29.6 Å². The number of azide groups is 1. The fourth-order valence-electron chi connectivity index (χ4n) is 12.0. The van der Waals surface area contributed by atoms with Gasteiger partial charge >= 0.3 is 11.7 Å². The van der Waals surface area contributed by atoms with Crippen molar-refractivity contribution in [2.45, 2.75) is 110 Å². The van der Waals surface area contributed by atoms with Crippen LogP contribution < -0.4 is 10.6 Å². The number of rotatable bonds is 20. The molecule has 3 N–H and O–H groups in total. The van der Waals surface area contributed by atoms with Crippen LogP contribution in [0.25, 0.3) is 21.5 Å². The second kappa shape index (κ2) is 19.2. The monoisotopic (exact) mass is 808 g/mol. The zero-order chi connectivity index (χ0) is 41.5. The van der Waals surface area contributed by atoms with Crippen LogP contribution in [0, 0.1) is 62.4 Å². The van der Waals surface area contributed by atoms with E-state index in [0.29, 0.717) is 87.0 Å². The molecule has 4 fully saturated rings. The van der Waals surface area contributed by atoms with Gasteiger partial charge in [-0.05, 0) is 144 Å². The number of nitro benzene ring substituents is 1. The Morgan fingerprint density at radius 3 is 2.53 bits per heavy atom. The van der Waals surface area contributed by atoms with Gasteiger partial charge in [-0.2, -0.15) is 0 Å². The molecule has 318 valence electrons. The predicted molar refractivity (Wildman–Crippen MR) is 212 cm³/mol. The number of carbonyl (C=O) groups is 3. The van der Waals surface area contributed by atoms with E-state index in [4.69, 9.17) is 19.6 Å². The normalized spacial score (nSPS) is 29.9. The standard InChI is InChI=1S/C41H60N8O9/c1-25(4-11-35(50)43-16-18-56-20-21-57-19-17-44-48-42)31-8-9-32-30-7-6-28-24-29(12-14-40(28,2)33(30)13-15-41(31,32)3)45-39(53)27(23-36(51)52)22-26-5-10-34(49(54)55)38-37(26)46-58-47-38/h5,10,25,27-33H,4,6-9,11-24H2,1-3H3,(H,43,50)(H,45,53)(H,51,52)/t25-,27+,28-,29-,30?,31?,32?,33?,40+,41-/m1/s1. The molecular formula is C41H60N8O9. The molecule has 0 bridgehead atoms. The number of amides is 2. The van der Waals surface area contributed by atoms with Crippen molar-refractivity contribution < 1.29 is 38.5 Å². The van der Waals surface area contributed by atoms with Gasteiger partial charge in [0, 0.05) is 36.5 Å². The minimum Gasteiger partial charge on any atom is -0.481 e. The molecule has 4 aliphatic rings. The molecule has 0 aliphatic heterocycles. The minimum absolute atomic E-state index is 0.0236. The third-order valence-corrected chi connectivity index (χ3v) is 14.9. The minimum atomic E-state index is -1.10. The van der Waals surface area contributed by atoms with Crippen LogP contribution >= 0.6 is 0 Å². The number of hydrogen-bond donors (Lipinski definition) is 3. The summed E-state index contributed by atoms with van der Waals surface area (Å²) in [6.45, 7) is 9.76. The van der Waals surface area contributed by atoms with Crippen molar-refractivity contribution in [1.29, 1.82) is 0 Å². The summed E-state index contributed by atoms with van der Waals surface area (Å²) in [7, 11) is 0. The quantitative estimate of drug-likeness (QED) is 0.0314. The first-order valence-corrected chi connectivity index (χ1v) is 21.2. The molecule has 17 nitrogen and oxygen atoms in total. The molecule has 0 spiro atoms. The number of non-ortho nitro benzene ring substituents is 1. The average molecular weight is 809 g/mol. The third kappa shape index (κ3) is 9.58. The maximum Gasteiger partial charge on any atom is 0.304 e. The molecule has 2 amide bonds. The number of carbonyl (C=O) groups excluding carboxylic acids is 2. The second-order valence-electron chi connectivity index (χ2n) is 17.9. The third-order valence-electron chi connectivity index (χ3n) is 14.9. The van der Waals surface area contributed by atoms with Gasteiger partial charge in [0.25, 0.3) is 0 Å². The van der Waals surface area contributed by atoms with E-state index in [1.165, 1.54) is 44.2 Å². The van der Waals surface area contributed by atoms with Crippen LogP contribution in [0.15, 0.2) is 21.9 Å². The van der Waals surface area contributed by atoms with Crippen LogP contribution in [0.2, 0.25) is 0 Å². The molecule has 0 saturated heterocycles. The van der Waals surface area contributed by atoms with Crippen molar-refractivity contribution in [3.8, 4) is 0 Å². The lowest BCUT2D eigenvalue weighted by Crippen LogP contribution is -2.56. The van der Waals surface area contributed by atoms with Crippen LogP contribution in [0.1, 0.15) is 103 Å². The van der Waals surface area contributed by atoms with E-state index >= 15 is 0 Å². The molecule has 58 heavy (non-hydrogen) atoms. The molecular weight excluding hydrogens is 748 g/mol. The Morgan fingerprint density at radius 2 is 1.78 bits per heavy atom. The summed E-state index contributed by atoms with van der Waals surface area (Å²) in [5, 5.41) is 38.3. The maximum absolute atomic E-state index is 13.7. The van der Waals surface area contributed by atoms with Crippen LogP contribution in [0.4, 0.5) is 5.69 Å².